The Morgan fingerprint density at radius 3 is 0.667 bits per heavy atom. The van der Waals surface area contributed by atoms with Gasteiger partial charge in [0, 0.05) is 0 Å². The van der Waals surface area contributed by atoms with E-state index in [4.69, 9.17) is 0 Å². The molecule has 0 amide bonds. The summed E-state index contributed by atoms with van der Waals surface area (Å²) in [4.78, 5) is 0. The normalized spacial score (nSPS) is 16.8. The Morgan fingerprint density at radius 2 is 0.576 bits per heavy atom. The number of rotatable bonds is 15. The van der Waals surface area contributed by atoms with Gasteiger partial charge in [0.05, 0.1) is 0 Å². The average molecular weight is 511 g/mol. The van der Waals surface area contributed by atoms with Gasteiger partial charge in [-0.05, 0) is 54.8 Å². The molecule has 0 aromatic heterocycles. The van der Waals surface area contributed by atoms with E-state index < -0.39 is 0 Å². The maximum absolute atomic E-state index is 2.41. The van der Waals surface area contributed by atoms with Crippen molar-refractivity contribution in [3.05, 3.63) is 0 Å². The fourth-order valence-corrected chi connectivity index (χ4v) is 8.63. The van der Waals surface area contributed by atoms with Crippen molar-refractivity contribution in [3.8, 4) is 0 Å². The van der Waals surface area contributed by atoms with Gasteiger partial charge in [0.2, 0.25) is 48.9 Å². The lowest BCUT2D eigenvalue weighted by Gasteiger charge is -2.23. The van der Waals surface area contributed by atoms with Gasteiger partial charge in [-0.3, -0.25) is 0 Å². The lowest BCUT2D eigenvalue weighted by Crippen LogP contribution is -2.12. The Labute approximate surface area is 238 Å². The van der Waals surface area contributed by atoms with Gasteiger partial charge in [0.1, 0.15) is 0 Å². The molecule has 0 N–H and O–H groups in total. The second-order valence-corrected chi connectivity index (χ2v) is 15.0. The zero-order chi connectivity index (χ0) is 26.6. The number of hydrogen-bond donors (Lipinski definition) is 0. The minimum atomic E-state index is 0.892. The van der Waals surface area contributed by atoms with Crippen LogP contribution in [0.3, 0.4) is 0 Å². The van der Waals surface area contributed by atoms with Crippen molar-refractivity contribution in [3.63, 3.8) is 0 Å². The first-order valence-corrected chi connectivity index (χ1v) is 19.6. The highest BCUT2D eigenvalue weighted by Gasteiger charge is 2.15. The predicted molar refractivity (Wildman–Crippen MR) is 167 cm³/mol. The van der Waals surface area contributed by atoms with Crippen LogP contribution in [0.4, 0.5) is 0 Å². The average Bonchev–Trinajstić information content (AvgIpc) is 2.78. The van der Waals surface area contributed by atoms with Gasteiger partial charge in [-0.25, -0.2) is 0 Å². The molecule has 0 saturated heterocycles. The summed E-state index contributed by atoms with van der Waals surface area (Å²) in [5, 5.41) is 4.48. The van der Waals surface area contributed by atoms with Gasteiger partial charge in [0.25, 0.3) is 0 Å². The molecular formula is C30H69Al3. The van der Waals surface area contributed by atoms with Crippen molar-refractivity contribution in [2.75, 3.05) is 0 Å². The van der Waals surface area contributed by atoms with Gasteiger partial charge in [0.15, 0.2) is 0 Å². The van der Waals surface area contributed by atoms with Crippen molar-refractivity contribution < 1.29 is 0 Å². The molecule has 0 aromatic carbocycles. The monoisotopic (exact) mass is 510 g/mol. The molecule has 0 rings (SSSR count). The fourth-order valence-electron chi connectivity index (χ4n) is 5.22. The van der Waals surface area contributed by atoms with E-state index in [1.54, 1.807) is 0 Å². The first-order chi connectivity index (χ1) is 15.3. The van der Waals surface area contributed by atoms with Crippen LogP contribution < -0.4 is 0 Å². The first-order valence-electron chi connectivity index (χ1n) is 15.3. The van der Waals surface area contributed by atoms with E-state index in [2.05, 4.69) is 83.1 Å². The molecule has 0 aromatic rings. The molecular weight excluding hydrogens is 441 g/mol. The summed E-state index contributed by atoms with van der Waals surface area (Å²) < 4.78 is 0. The molecule has 3 heteroatoms. The summed E-state index contributed by atoms with van der Waals surface area (Å²) in [6, 6.07) is 0. The van der Waals surface area contributed by atoms with E-state index in [9.17, 15) is 0 Å². The van der Waals surface area contributed by atoms with Gasteiger partial charge in [-0.2, -0.15) is 0 Å². The highest BCUT2D eigenvalue weighted by molar-refractivity contribution is 6.09. The molecule has 198 valence electrons. The van der Waals surface area contributed by atoms with Crippen LogP contribution in [-0.4, -0.2) is 48.9 Å². The van der Waals surface area contributed by atoms with Gasteiger partial charge >= 0.3 is 0 Å². The second-order valence-electron chi connectivity index (χ2n) is 12.6. The van der Waals surface area contributed by atoms with Crippen LogP contribution in [0, 0.1) is 53.3 Å². The Morgan fingerprint density at radius 1 is 0.394 bits per heavy atom. The summed E-state index contributed by atoms with van der Waals surface area (Å²) in [6.07, 6.45) is 8.41. The molecule has 0 heterocycles. The van der Waals surface area contributed by atoms with Crippen molar-refractivity contribution in [1.29, 1.82) is 0 Å². The molecule has 33 heavy (non-hydrogen) atoms. The van der Waals surface area contributed by atoms with E-state index in [1.165, 1.54) is 103 Å². The maximum atomic E-state index is 2.41. The number of hydrogen-bond acceptors (Lipinski definition) is 0. The standard InChI is InChI=1S/3C10H21.3Al.6H/c3*1-6-9(4)10(5)7-8(2)3;;;;;;;;;/h3*8-10H,5-7H2,1-4H3;;;;;;;;;. The van der Waals surface area contributed by atoms with E-state index in [-0.39, 0.29) is 0 Å². The predicted octanol–water partition coefficient (Wildman–Crippen LogP) is 8.24. The van der Waals surface area contributed by atoms with E-state index in [0.717, 1.165) is 53.3 Å². The molecule has 0 nitrogen and oxygen atoms in total. The molecule has 0 bridgehead atoms. The van der Waals surface area contributed by atoms with Crippen molar-refractivity contribution in [1.82, 2.24) is 0 Å². The largest absolute Gasteiger partial charge is 0.212 e. The van der Waals surface area contributed by atoms with Crippen LogP contribution >= 0.6 is 0 Å². The molecule has 0 aliphatic carbocycles. The van der Waals surface area contributed by atoms with Crippen molar-refractivity contribution >= 4 is 48.9 Å². The molecule has 0 spiro atoms. The van der Waals surface area contributed by atoms with Crippen LogP contribution in [-0.2, 0) is 0 Å². The molecule has 6 atom stereocenters. The van der Waals surface area contributed by atoms with E-state index in [1.807, 2.05) is 0 Å². The second kappa shape index (κ2) is 25.3. The van der Waals surface area contributed by atoms with E-state index in [0.29, 0.717) is 0 Å². The van der Waals surface area contributed by atoms with Crippen molar-refractivity contribution in [2.24, 2.45) is 53.3 Å². The Bertz CT molecular complexity index is 324. The highest BCUT2D eigenvalue weighted by atomic mass is 27.1. The third-order valence-electron chi connectivity index (χ3n) is 8.24. The third-order valence-corrected chi connectivity index (χ3v) is 11.4. The minimum absolute atomic E-state index is 0.892. The summed E-state index contributed by atoms with van der Waals surface area (Å²) >= 11 is 4.14. The summed E-state index contributed by atoms with van der Waals surface area (Å²) in [5.74, 6) is 8.60. The van der Waals surface area contributed by atoms with Crippen LogP contribution in [0.1, 0.15) is 122 Å². The topological polar surface area (TPSA) is 0 Å². The fraction of sp³-hybridized carbons (Fsp3) is 1.00. The molecule has 0 aliphatic rings. The Hall–Kier alpha value is 1.60. The Balaban J connectivity index is -0.000000409. The zero-order valence-corrected chi connectivity index (χ0v) is 32.6. The quantitative estimate of drug-likeness (QED) is 0.195. The molecule has 0 radical (unpaired) electrons. The lowest BCUT2D eigenvalue weighted by atomic mass is 9.86. The lowest BCUT2D eigenvalue weighted by molar-refractivity contribution is 0.317. The van der Waals surface area contributed by atoms with Crippen LogP contribution in [0.5, 0.6) is 0 Å². The van der Waals surface area contributed by atoms with E-state index >= 15 is 0 Å². The van der Waals surface area contributed by atoms with Crippen LogP contribution in [0.15, 0.2) is 0 Å². The van der Waals surface area contributed by atoms with Crippen LogP contribution in [0.25, 0.3) is 0 Å². The van der Waals surface area contributed by atoms with Gasteiger partial charge in [-0.15, -0.1) is 0 Å². The van der Waals surface area contributed by atoms with Crippen LogP contribution in [0.2, 0.25) is 15.8 Å². The third kappa shape index (κ3) is 23.7. The molecule has 0 saturated carbocycles. The summed E-state index contributed by atoms with van der Waals surface area (Å²) in [5.41, 5.74) is 0. The summed E-state index contributed by atoms with van der Waals surface area (Å²) in [7, 11) is 0. The smallest absolute Gasteiger partial charge is 0.0982 e. The van der Waals surface area contributed by atoms with Gasteiger partial charge in [-0.1, -0.05) is 136 Å². The highest BCUT2D eigenvalue weighted by Crippen LogP contribution is 2.26. The Kier molecular flexibility index (Phi) is 29.9. The zero-order valence-electron chi connectivity index (χ0n) is 26.6. The maximum Gasteiger partial charge on any atom is 0.212 e. The SMILES string of the molecule is CCC(C)C([CH2][AlH2])CC(C)C.CCC(C)C([CH2][AlH2])CC(C)C.CCC(C)C([CH2][AlH2])CC(C)C. The van der Waals surface area contributed by atoms with Gasteiger partial charge < -0.3 is 0 Å². The molecule has 0 fully saturated rings. The molecule has 0 aliphatic heterocycles. The van der Waals surface area contributed by atoms with Crippen molar-refractivity contribution in [2.45, 2.75) is 137 Å². The summed E-state index contributed by atoms with van der Waals surface area (Å²) in [6.45, 7) is 28.2. The molecule has 6 unspecified atom stereocenters. The minimum Gasteiger partial charge on any atom is -0.0982 e. The first kappa shape index (κ1) is 39.1.